The summed E-state index contributed by atoms with van der Waals surface area (Å²) in [4.78, 5) is 22.1. The second kappa shape index (κ2) is 6.43. The van der Waals surface area contributed by atoms with Gasteiger partial charge in [-0.05, 0) is 17.7 Å². The van der Waals surface area contributed by atoms with Gasteiger partial charge in [-0.2, -0.15) is 0 Å². The van der Waals surface area contributed by atoms with Gasteiger partial charge in [0.15, 0.2) is 0 Å². The third-order valence-electron chi connectivity index (χ3n) is 2.13. The van der Waals surface area contributed by atoms with Crippen molar-refractivity contribution >= 4 is 34.5 Å². The number of halogens is 1. The lowest BCUT2D eigenvalue weighted by Crippen LogP contribution is -2.42. The summed E-state index contributed by atoms with van der Waals surface area (Å²) in [7, 11) is 0. The highest BCUT2D eigenvalue weighted by molar-refractivity contribution is 14.1. The number of amides is 1. The van der Waals surface area contributed by atoms with E-state index in [4.69, 9.17) is 10.2 Å². The standard InChI is InChI=1S/C11H12INO4/c12-6-10(15)13-9(11(16)17)5-7-1-3-8(14)4-2-7/h1-4,9,14H,5-6H2,(H,13,15)(H,16,17)/t9-/m0/s1. The quantitative estimate of drug-likeness (QED) is 0.546. The molecule has 1 aromatic rings. The van der Waals surface area contributed by atoms with Gasteiger partial charge >= 0.3 is 5.97 Å². The molecule has 1 rings (SSSR count). The Balaban J connectivity index is 2.70. The maximum Gasteiger partial charge on any atom is 0.326 e. The van der Waals surface area contributed by atoms with Crippen molar-refractivity contribution in [3.63, 3.8) is 0 Å². The van der Waals surface area contributed by atoms with Gasteiger partial charge in [-0.1, -0.05) is 34.7 Å². The molecule has 3 N–H and O–H groups in total. The van der Waals surface area contributed by atoms with Crippen LogP contribution in [0.2, 0.25) is 0 Å². The lowest BCUT2D eigenvalue weighted by atomic mass is 10.1. The lowest BCUT2D eigenvalue weighted by molar-refractivity contribution is -0.141. The highest BCUT2D eigenvalue weighted by Crippen LogP contribution is 2.11. The van der Waals surface area contributed by atoms with Crippen LogP contribution in [0.25, 0.3) is 0 Å². The molecule has 0 aromatic heterocycles. The van der Waals surface area contributed by atoms with Gasteiger partial charge in [0.2, 0.25) is 5.91 Å². The molecule has 0 bridgehead atoms. The van der Waals surface area contributed by atoms with E-state index in [1.165, 1.54) is 12.1 Å². The van der Waals surface area contributed by atoms with Gasteiger partial charge < -0.3 is 15.5 Å². The summed E-state index contributed by atoms with van der Waals surface area (Å²) in [6.07, 6.45) is 0.192. The van der Waals surface area contributed by atoms with Crippen molar-refractivity contribution < 1.29 is 19.8 Å². The number of aromatic hydroxyl groups is 1. The number of hydrogen-bond acceptors (Lipinski definition) is 3. The van der Waals surface area contributed by atoms with Crippen LogP contribution in [0.5, 0.6) is 5.75 Å². The first-order valence-electron chi connectivity index (χ1n) is 4.89. The van der Waals surface area contributed by atoms with Gasteiger partial charge in [-0.3, -0.25) is 4.79 Å². The molecular formula is C11H12INO4. The van der Waals surface area contributed by atoms with Crippen LogP contribution in [0.15, 0.2) is 24.3 Å². The molecule has 1 atom stereocenters. The fourth-order valence-corrected chi connectivity index (χ4v) is 1.52. The minimum Gasteiger partial charge on any atom is -0.508 e. The number of carbonyl (C=O) groups is 2. The number of carbonyl (C=O) groups excluding carboxylic acids is 1. The SMILES string of the molecule is O=C(CI)N[C@@H](Cc1ccc(O)cc1)C(=O)O. The highest BCUT2D eigenvalue weighted by Gasteiger charge is 2.19. The van der Waals surface area contributed by atoms with Gasteiger partial charge in [0, 0.05) is 6.42 Å². The van der Waals surface area contributed by atoms with E-state index in [1.54, 1.807) is 12.1 Å². The molecule has 0 unspecified atom stereocenters. The van der Waals surface area contributed by atoms with Crippen LogP contribution in [0.4, 0.5) is 0 Å². The Labute approximate surface area is 112 Å². The van der Waals surface area contributed by atoms with E-state index < -0.39 is 12.0 Å². The van der Waals surface area contributed by atoms with Crippen molar-refractivity contribution in [2.75, 3.05) is 4.43 Å². The molecular weight excluding hydrogens is 337 g/mol. The molecule has 1 aromatic carbocycles. The molecule has 5 nitrogen and oxygen atoms in total. The monoisotopic (exact) mass is 349 g/mol. The molecule has 0 radical (unpaired) electrons. The maximum absolute atomic E-state index is 11.1. The van der Waals surface area contributed by atoms with Crippen LogP contribution >= 0.6 is 22.6 Å². The van der Waals surface area contributed by atoms with Crippen molar-refractivity contribution in [3.05, 3.63) is 29.8 Å². The van der Waals surface area contributed by atoms with E-state index in [0.717, 1.165) is 5.56 Å². The average Bonchev–Trinajstić information content (AvgIpc) is 2.30. The van der Waals surface area contributed by atoms with Crippen LogP contribution in [-0.2, 0) is 16.0 Å². The number of carboxylic acids is 1. The molecule has 6 heteroatoms. The zero-order valence-corrected chi connectivity index (χ0v) is 11.0. The largest absolute Gasteiger partial charge is 0.508 e. The van der Waals surface area contributed by atoms with Gasteiger partial charge in [0.25, 0.3) is 0 Å². The van der Waals surface area contributed by atoms with E-state index in [2.05, 4.69) is 5.32 Å². The number of alkyl halides is 1. The molecule has 0 aliphatic heterocycles. The summed E-state index contributed by atoms with van der Waals surface area (Å²) < 4.78 is 0.219. The smallest absolute Gasteiger partial charge is 0.326 e. The molecule has 0 saturated heterocycles. The number of benzene rings is 1. The second-order valence-corrected chi connectivity index (χ2v) is 4.23. The van der Waals surface area contributed by atoms with Gasteiger partial charge in [-0.15, -0.1) is 0 Å². The van der Waals surface area contributed by atoms with E-state index in [1.807, 2.05) is 22.6 Å². The number of carboxylic acid groups (broad SMARTS) is 1. The van der Waals surface area contributed by atoms with Crippen molar-refractivity contribution in [1.29, 1.82) is 0 Å². The third kappa shape index (κ3) is 4.59. The summed E-state index contributed by atoms with van der Waals surface area (Å²) in [5.74, 6) is -1.26. The van der Waals surface area contributed by atoms with Crippen LogP contribution in [0.3, 0.4) is 0 Å². The van der Waals surface area contributed by atoms with Crippen LogP contribution in [-0.4, -0.2) is 32.6 Å². The van der Waals surface area contributed by atoms with Gasteiger partial charge in [0.05, 0.1) is 4.43 Å². The number of hydrogen-bond donors (Lipinski definition) is 3. The predicted octanol–water partition coefficient (Wildman–Crippen LogP) is 0.939. The summed E-state index contributed by atoms with van der Waals surface area (Å²) in [6.45, 7) is 0. The first-order chi connectivity index (χ1) is 8.02. The molecule has 0 fully saturated rings. The third-order valence-corrected chi connectivity index (χ3v) is 2.82. The maximum atomic E-state index is 11.1. The Kier molecular flexibility index (Phi) is 5.20. The summed E-state index contributed by atoms with van der Waals surface area (Å²) in [5.41, 5.74) is 0.740. The normalized spacial score (nSPS) is 11.8. The van der Waals surface area contributed by atoms with Crippen molar-refractivity contribution in [3.8, 4) is 5.75 Å². The fraction of sp³-hybridized carbons (Fsp3) is 0.273. The summed E-state index contributed by atoms with van der Waals surface area (Å²) in [5, 5.41) is 20.5. The van der Waals surface area contributed by atoms with Crippen molar-refractivity contribution in [2.24, 2.45) is 0 Å². The van der Waals surface area contributed by atoms with Crippen molar-refractivity contribution in [2.45, 2.75) is 12.5 Å². The molecule has 17 heavy (non-hydrogen) atoms. The van der Waals surface area contributed by atoms with Crippen LogP contribution < -0.4 is 5.32 Å². The molecule has 0 heterocycles. The topological polar surface area (TPSA) is 86.6 Å². The molecule has 0 spiro atoms. The minimum absolute atomic E-state index is 0.122. The first-order valence-corrected chi connectivity index (χ1v) is 6.41. The highest BCUT2D eigenvalue weighted by atomic mass is 127. The van der Waals surface area contributed by atoms with E-state index in [-0.39, 0.29) is 22.5 Å². The fourth-order valence-electron chi connectivity index (χ4n) is 1.30. The first kappa shape index (κ1) is 13.8. The molecule has 0 aliphatic carbocycles. The number of nitrogens with one attached hydrogen (secondary N) is 1. The number of aliphatic carboxylic acids is 1. The Morgan fingerprint density at radius 2 is 1.88 bits per heavy atom. The lowest BCUT2D eigenvalue weighted by Gasteiger charge is -2.13. The number of phenolic OH excluding ortho intramolecular Hbond substituents is 1. The number of phenols is 1. The summed E-state index contributed by atoms with van der Waals surface area (Å²) >= 11 is 1.87. The van der Waals surface area contributed by atoms with Crippen LogP contribution in [0.1, 0.15) is 5.56 Å². The Bertz CT molecular complexity index is 404. The molecule has 1 amide bonds. The average molecular weight is 349 g/mol. The zero-order valence-electron chi connectivity index (χ0n) is 8.89. The Hall–Kier alpha value is -1.31. The van der Waals surface area contributed by atoms with Gasteiger partial charge in [-0.25, -0.2) is 4.79 Å². The molecule has 0 aliphatic rings. The molecule has 92 valence electrons. The summed E-state index contributed by atoms with van der Waals surface area (Å²) in [6, 6.07) is 5.27. The zero-order chi connectivity index (χ0) is 12.8. The second-order valence-electron chi connectivity index (χ2n) is 3.46. The minimum atomic E-state index is -1.07. The Morgan fingerprint density at radius 1 is 1.29 bits per heavy atom. The molecule has 0 saturated carbocycles. The van der Waals surface area contributed by atoms with E-state index >= 15 is 0 Å². The van der Waals surface area contributed by atoms with E-state index in [0.29, 0.717) is 0 Å². The Morgan fingerprint density at radius 3 is 2.35 bits per heavy atom. The van der Waals surface area contributed by atoms with Crippen LogP contribution in [0, 0.1) is 0 Å². The number of rotatable bonds is 5. The van der Waals surface area contributed by atoms with Crippen molar-refractivity contribution in [1.82, 2.24) is 5.32 Å². The van der Waals surface area contributed by atoms with E-state index in [9.17, 15) is 9.59 Å². The van der Waals surface area contributed by atoms with Gasteiger partial charge in [0.1, 0.15) is 11.8 Å². The predicted molar refractivity (Wildman–Crippen MR) is 70.3 cm³/mol.